The molecule has 1 aromatic carbocycles. The van der Waals surface area contributed by atoms with Crippen molar-refractivity contribution in [2.45, 2.75) is 12.2 Å². The van der Waals surface area contributed by atoms with Gasteiger partial charge in [-0.1, -0.05) is 11.6 Å². The normalized spacial score (nSPS) is 20.7. The Morgan fingerprint density at radius 3 is 2.54 bits per heavy atom. The lowest BCUT2D eigenvalue weighted by Crippen LogP contribution is -2.32. The number of anilines is 1. The zero-order chi connectivity index (χ0) is 24.2. The maximum Gasteiger partial charge on any atom is 0.433 e. The van der Waals surface area contributed by atoms with Gasteiger partial charge in [0.2, 0.25) is 0 Å². The summed E-state index contributed by atoms with van der Waals surface area (Å²) in [6, 6.07) is 4.62. The van der Waals surface area contributed by atoms with Crippen molar-refractivity contribution in [1.29, 1.82) is 0 Å². The summed E-state index contributed by atoms with van der Waals surface area (Å²) in [6.45, 7) is 1.78. The van der Waals surface area contributed by atoms with Crippen molar-refractivity contribution >= 4 is 41.5 Å². The molecule has 1 aliphatic heterocycles. The van der Waals surface area contributed by atoms with Gasteiger partial charge in [0.15, 0.2) is 5.82 Å². The third-order valence-electron chi connectivity index (χ3n) is 6.25. The molecule has 3 heterocycles. The molecule has 3 aromatic rings. The number of H-pyrrole nitrogens is 1. The minimum Gasteiger partial charge on any atom is -0.349 e. The molecule has 2 amide bonds. The molecule has 35 heavy (non-hydrogen) atoms. The summed E-state index contributed by atoms with van der Waals surface area (Å²) in [7, 11) is 1.42. The summed E-state index contributed by atoms with van der Waals surface area (Å²) in [4.78, 5) is 29.2. The van der Waals surface area contributed by atoms with Crippen molar-refractivity contribution in [1.82, 2.24) is 30.4 Å². The molecule has 9 nitrogen and oxygen atoms in total. The van der Waals surface area contributed by atoms with E-state index in [1.54, 1.807) is 0 Å². The number of benzene rings is 1. The first-order chi connectivity index (χ1) is 16.1. The summed E-state index contributed by atoms with van der Waals surface area (Å²) in [5, 5.41) is 14.4. The smallest absolute Gasteiger partial charge is 0.349 e. The molecule has 186 valence electrons. The number of piperidine rings is 1. The van der Waals surface area contributed by atoms with Crippen LogP contribution in [-0.4, -0.2) is 50.7 Å². The van der Waals surface area contributed by atoms with Crippen LogP contribution in [0.3, 0.4) is 0 Å². The van der Waals surface area contributed by atoms with E-state index in [4.69, 9.17) is 11.6 Å². The minimum atomic E-state index is -4.64. The van der Waals surface area contributed by atoms with Crippen molar-refractivity contribution in [2.75, 3.05) is 18.4 Å². The molecule has 5 rings (SSSR count). The molecule has 1 saturated heterocycles. The molecule has 2 aliphatic rings. The molecule has 1 unspecified atom stereocenters. The van der Waals surface area contributed by atoms with Crippen molar-refractivity contribution in [3.63, 3.8) is 0 Å². The fourth-order valence-corrected chi connectivity index (χ4v) is 4.66. The van der Waals surface area contributed by atoms with Crippen LogP contribution >= 0.6 is 24.0 Å². The van der Waals surface area contributed by atoms with Gasteiger partial charge >= 0.3 is 6.18 Å². The van der Waals surface area contributed by atoms with Gasteiger partial charge in [0.25, 0.3) is 11.8 Å². The Morgan fingerprint density at radius 2 is 1.89 bits per heavy atom. The van der Waals surface area contributed by atoms with Crippen LogP contribution in [-0.2, 0) is 13.2 Å². The number of hydrogen-bond acceptors (Lipinski definition) is 5. The molecular weight excluding hydrogens is 510 g/mol. The van der Waals surface area contributed by atoms with Gasteiger partial charge in [0.05, 0.1) is 34.2 Å². The Hall–Kier alpha value is -3.09. The number of nitrogens with zero attached hydrogens (tertiary/aromatic N) is 3. The number of carbonyl (C=O) groups is 2. The van der Waals surface area contributed by atoms with Gasteiger partial charge in [-0.15, -0.1) is 12.4 Å². The first-order valence-electron chi connectivity index (χ1n) is 10.4. The predicted molar refractivity (Wildman–Crippen MR) is 124 cm³/mol. The van der Waals surface area contributed by atoms with Crippen LogP contribution < -0.4 is 16.0 Å². The Bertz CT molecular complexity index is 1280. The highest BCUT2D eigenvalue weighted by Gasteiger charge is 2.53. The number of alkyl halides is 3. The topological polar surface area (TPSA) is 117 Å². The SMILES string of the molecule is Cl.Cn1c(-c2cn[nH]c2C(F)(F)F)cnc1C(=O)Nc1ccc(C(=O)NC2[C@H]3CNC[C@@H]23)c(Cl)c1. The number of imidazole rings is 1. The lowest BCUT2D eigenvalue weighted by atomic mass is 10.2. The second-order valence-electron chi connectivity index (χ2n) is 8.32. The van der Waals surface area contributed by atoms with E-state index in [1.807, 2.05) is 5.10 Å². The number of rotatable bonds is 5. The Labute approximate surface area is 208 Å². The first kappa shape index (κ1) is 25.0. The van der Waals surface area contributed by atoms with E-state index in [1.165, 1.54) is 29.8 Å². The molecule has 0 spiro atoms. The van der Waals surface area contributed by atoms with Gasteiger partial charge in [0, 0.05) is 31.9 Å². The maximum atomic E-state index is 13.2. The summed E-state index contributed by atoms with van der Waals surface area (Å²) in [5.74, 6) is -0.137. The molecule has 4 N–H and O–H groups in total. The highest BCUT2D eigenvalue weighted by Crippen LogP contribution is 2.42. The van der Waals surface area contributed by atoms with Crippen LogP contribution in [0.2, 0.25) is 5.02 Å². The second-order valence-corrected chi connectivity index (χ2v) is 8.72. The van der Waals surface area contributed by atoms with E-state index >= 15 is 0 Å². The van der Waals surface area contributed by atoms with Crippen LogP contribution in [0.4, 0.5) is 18.9 Å². The average molecular weight is 530 g/mol. The molecule has 14 heteroatoms. The molecule has 2 aromatic heterocycles. The molecule has 0 bridgehead atoms. The zero-order valence-corrected chi connectivity index (χ0v) is 19.7. The first-order valence-corrected chi connectivity index (χ1v) is 10.8. The van der Waals surface area contributed by atoms with Gasteiger partial charge in [-0.05, 0) is 30.0 Å². The van der Waals surface area contributed by atoms with Crippen molar-refractivity contribution in [2.24, 2.45) is 18.9 Å². The van der Waals surface area contributed by atoms with Gasteiger partial charge in [-0.25, -0.2) is 4.98 Å². The van der Waals surface area contributed by atoms with Crippen molar-refractivity contribution in [3.05, 3.63) is 52.7 Å². The number of carbonyl (C=O) groups excluding carboxylic acids is 2. The van der Waals surface area contributed by atoms with Crippen LogP contribution in [0.5, 0.6) is 0 Å². The van der Waals surface area contributed by atoms with E-state index in [0.29, 0.717) is 17.5 Å². The largest absolute Gasteiger partial charge is 0.433 e. The van der Waals surface area contributed by atoms with E-state index in [0.717, 1.165) is 25.5 Å². The average Bonchev–Trinajstić information content (AvgIpc) is 3.26. The highest BCUT2D eigenvalue weighted by atomic mass is 35.5. The Kier molecular flexibility index (Phi) is 6.56. The van der Waals surface area contributed by atoms with E-state index in [-0.39, 0.29) is 52.0 Å². The summed E-state index contributed by atoms with van der Waals surface area (Å²) < 4.78 is 40.8. The number of hydrogen-bond donors (Lipinski definition) is 4. The third kappa shape index (κ3) is 4.60. The van der Waals surface area contributed by atoms with Crippen molar-refractivity contribution in [3.8, 4) is 11.3 Å². The summed E-state index contributed by atoms with van der Waals surface area (Å²) in [6.07, 6.45) is -2.45. The zero-order valence-electron chi connectivity index (χ0n) is 18.1. The molecule has 1 aliphatic carbocycles. The number of nitrogens with one attached hydrogen (secondary N) is 4. The van der Waals surface area contributed by atoms with E-state index in [9.17, 15) is 22.8 Å². The summed E-state index contributed by atoms with van der Waals surface area (Å²) in [5.41, 5.74) is -0.597. The minimum absolute atomic E-state index is 0. The van der Waals surface area contributed by atoms with E-state index < -0.39 is 17.8 Å². The maximum absolute atomic E-state index is 13.2. The Morgan fingerprint density at radius 1 is 1.17 bits per heavy atom. The summed E-state index contributed by atoms with van der Waals surface area (Å²) >= 11 is 6.28. The molecule has 1 saturated carbocycles. The van der Waals surface area contributed by atoms with Gasteiger partial charge in [-0.2, -0.15) is 18.3 Å². The second kappa shape index (κ2) is 9.17. The molecule has 0 radical (unpaired) electrons. The quantitative estimate of drug-likeness (QED) is 0.405. The van der Waals surface area contributed by atoms with Crippen LogP contribution in [0.1, 0.15) is 26.7 Å². The van der Waals surface area contributed by atoms with Gasteiger partial charge < -0.3 is 20.5 Å². The fourth-order valence-electron chi connectivity index (χ4n) is 4.39. The number of amides is 2. The van der Waals surface area contributed by atoms with Crippen LogP contribution in [0, 0.1) is 11.8 Å². The van der Waals surface area contributed by atoms with Crippen LogP contribution in [0.25, 0.3) is 11.3 Å². The fraction of sp³-hybridized carbons (Fsp3) is 0.333. The molecular formula is C21H20Cl2F3N7O2. The predicted octanol–water partition coefficient (Wildman–Crippen LogP) is 3.10. The lowest BCUT2D eigenvalue weighted by Gasteiger charge is -2.11. The number of halogens is 5. The van der Waals surface area contributed by atoms with Gasteiger partial charge in [0.1, 0.15) is 5.69 Å². The lowest BCUT2D eigenvalue weighted by molar-refractivity contribution is -0.140. The molecule has 2 fully saturated rings. The Balaban J connectivity index is 0.00000289. The monoisotopic (exact) mass is 529 g/mol. The number of fused-ring (bicyclic) bond motifs is 1. The number of aromatic nitrogens is 4. The van der Waals surface area contributed by atoms with E-state index in [2.05, 4.69) is 26.0 Å². The van der Waals surface area contributed by atoms with Crippen LogP contribution in [0.15, 0.2) is 30.6 Å². The number of aromatic amines is 1. The van der Waals surface area contributed by atoms with Gasteiger partial charge in [-0.3, -0.25) is 14.7 Å². The molecule has 3 atom stereocenters. The van der Waals surface area contributed by atoms with Crippen molar-refractivity contribution < 1.29 is 22.8 Å². The third-order valence-corrected chi connectivity index (χ3v) is 6.56. The highest BCUT2D eigenvalue weighted by molar-refractivity contribution is 6.34. The standard InChI is InChI=1S/C21H19ClF3N7O2.ClH/c1-32-15(13-7-28-31-17(13)21(23,24)25)8-27-18(32)20(34)29-9-2-3-10(14(22)4-9)19(33)30-16-11-5-26-6-12(11)16;/h2-4,7-8,11-12,16,26H,5-6H2,1H3,(H,28,31)(H,29,34)(H,30,33);1H/t11-,12+,16?;.